The first kappa shape index (κ1) is 29.1. The van der Waals surface area contributed by atoms with Crippen LogP contribution in [0.3, 0.4) is 0 Å². The number of nitrogens with zero attached hydrogens (tertiary/aromatic N) is 2. The van der Waals surface area contributed by atoms with Gasteiger partial charge in [-0.25, -0.2) is 4.79 Å². The molecule has 2 aromatic rings. The maximum atomic E-state index is 14.0. The van der Waals surface area contributed by atoms with Crippen LogP contribution in [0.1, 0.15) is 62.9 Å². The molecule has 0 aromatic heterocycles. The minimum atomic E-state index is -4.64. The van der Waals surface area contributed by atoms with E-state index in [-0.39, 0.29) is 24.0 Å². The van der Waals surface area contributed by atoms with E-state index >= 15 is 0 Å². The number of rotatable bonds is 8. The number of carbonyl (C=O) groups is 2. The van der Waals surface area contributed by atoms with Gasteiger partial charge in [-0.15, -0.1) is 0 Å². The predicted octanol–water partition coefficient (Wildman–Crippen LogP) is 6.58. The number of alkyl halides is 3. The van der Waals surface area contributed by atoms with E-state index in [1.807, 2.05) is 0 Å². The molecule has 38 heavy (non-hydrogen) atoms. The van der Waals surface area contributed by atoms with Gasteiger partial charge in [0.25, 0.3) is 5.91 Å². The van der Waals surface area contributed by atoms with Gasteiger partial charge in [-0.05, 0) is 76.1 Å². The van der Waals surface area contributed by atoms with Gasteiger partial charge in [0.05, 0.1) is 18.2 Å². The molecular formula is C28H36F3N3O4. The van der Waals surface area contributed by atoms with E-state index < -0.39 is 29.3 Å². The number of anilines is 2. The molecule has 1 aliphatic heterocycles. The van der Waals surface area contributed by atoms with Crippen LogP contribution in [0.2, 0.25) is 0 Å². The summed E-state index contributed by atoms with van der Waals surface area (Å²) in [5, 5.41) is 2.56. The first-order chi connectivity index (χ1) is 17.8. The second kappa shape index (κ2) is 12.0. The molecule has 2 aromatic carbocycles. The number of hydrogen-bond acceptors (Lipinski definition) is 5. The van der Waals surface area contributed by atoms with Crippen LogP contribution in [-0.4, -0.2) is 55.3 Å². The van der Waals surface area contributed by atoms with Gasteiger partial charge in [0.1, 0.15) is 11.4 Å². The number of unbranched alkanes of at least 4 members (excludes halogenated alkanes) is 1. The molecule has 2 amide bonds. The zero-order valence-electron chi connectivity index (χ0n) is 22.5. The van der Waals surface area contributed by atoms with E-state index in [1.165, 1.54) is 17.0 Å². The Morgan fingerprint density at radius 3 is 2.39 bits per heavy atom. The summed E-state index contributed by atoms with van der Waals surface area (Å²) in [5.74, 6) is 0.103. The van der Waals surface area contributed by atoms with Gasteiger partial charge in [0, 0.05) is 37.1 Å². The minimum absolute atomic E-state index is 0.00386. The summed E-state index contributed by atoms with van der Waals surface area (Å²) in [6, 6.07) is 9.93. The Labute approximate surface area is 221 Å². The van der Waals surface area contributed by atoms with Crippen LogP contribution in [0.4, 0.5) is 29.3 Å². The number of amides is 2. The van der Waals surface area contributed by atoms with Crippen molar-refractivity contribution in [3.63, 3.8) is 0 Å². The number of carbonyl (C=O) groups excluding carboxylic acids is 2. The predicted molar refractivity (Wildman–Crippen MR) is 141 cm³/mol. The average molecular weight is 536 g/mol. The van der Waals surface area contributed by atoms with Crippen molar-refractivity contribution in [1.82, 2.24) is 4.90 Å². The van der Waals surface area contributed by atoms with Crippen molar-refractivity contribution in [2.24, 2.45) is 0 Å². The second-order valence-electron chi connectivity index (χ2n) is 10.4. The van der Waals surface area contributed by atoms with Gasteiger partial charge in [-0.3, -0.25) is 4.79 Å². The van der Waals surface area contributed by atoms with Crippen LogP contribution in [0.5, 0.6) is 5.75 Å². The molecule has 1 aliphatic rings. The van der Waals surface area contributed by atoms with Crippen LogP contribution in [0.15, 0.2) is 42.5 Å². The molecule has 1 saturated heterocycles. The topological polar surface area (TPSA) is 71.1 Å². The van der Waals surface area contributed by atoms with Crippen LogP contribution in [0, 0.1) is 0 Å². The molecule has 7 nitrogen and oxygen atoms in total. The van der Waals surface area contributed by atoms with E-state index in [9.17, 15) is 22.8 Å². The summed E-state index contributed by atoms with van der Waals surface area (Å²) in [6.45, 7) is 8.48. The lowest BCUT2D eigenvalue weighted by molar-refractivity contribution is -0.137. The van der Waals surface area contributed by atoms with E-state index in [0.717, 1.165) is 18.9 Å². The summed E-state index contributed by atoms with van der Waals surface area (Å²) in [7, 11) is 1.59. The highest BCUT2D eigenvalue weighted by Crippen LogP contribution is 2.40. The molecule has 1 N–H and O–H groups in total. The Morgan fingerprint density at radius 2 is 1.79 bits per heavy atom. The first-order valence-electron chi connectivity index (χ1n) is 12.7. The molecule has 0 saturated carbocycles. The number of ether oxygens (including phenoxy) is 2. The molecule has 3 rings (SSSR count). The third-order valence-electron chi connectivity index (χ3n) is 6.18. The maximum absolute atomic E-state index is 14.0. The highest BCUT2D eigenvalue weighted by atomic mass is 19.4. The number of halogens is 3. The van der Waals surface area contributed by atoms with Crippen molar-refractivity contribution in [3.8, 4) is 5.75 Å². The van der Waals surface area contributed by atoms with Crippen molar-refractivity contribution in [2.45, 2.75) is 64.8 Å². The highest BCUT2D eigenvalue weighted by Gasteiger charge is 2.38. The quantitative estimate of drug-likeness (QED) is 0.387. The summed E-state index contributed by atoms with van der Waals surface area (Å²) in [5.41, 5.74) is -1.17. The summed E-state index contributed by atoms with van der Waals surface area (Å²) in [6.07, 6.45) is -2.73. The Hall–Kier alpha value is -3.43. The second-order valence-corrected chi connectivity index (χ2v) is 10.4. The van der Waals surface area contributed by atoms with Crippen molar-refractivity contribution < 1.29 is 32.2 Å². The molecular weight excluding hydrogens is 499 g/mol. The number of hydrogen-bond donors (Lipinski definition) is 1. The van der Waals surface area contributed by atoms with Gasteiger partial charge < -0.3 is 24.6 Å². The maximum Gasteiger partial charge on any atom is 0.418 e. The molecule has 1 heterocycles. The third-order valence-corrected chi connectivity index (χ3v) is 6.18. The molecule has 0 bridgehead atoms. The Balaban J connectivity index is 1.71. The van der Waals surface area contributed by atoms with Crippen molar-refractivity contribution in [2.75, 3.05) is 37.0 Å². The molecule has 1 unspecified atom stereocenters. The van der Waals surface area contributed by atoms with Crippen LogP contribution in [-0.2, 0) is 10.9 Å². The Bertz CT molecular complexity index is 1110. The Morgan fingerprint density at radius 1 is 1.11 bits per heavy atom. The van der Waals surface area contributed by atoms with E-state index in [1.54, 1.807) is 57.0 Å². The first-order valence-corrected chi connectivity index (χ1v) is 12.7. The monoisotopic (exact) mass is 535 g/mol. The SMILES string of the molecule is CCCCOc1ccc(C(=O)Nc2ccc(N3CCC(N(C)C(=O)OC(C)(C)C)C3)c(C(F)(F)F)c2)cc1. The van der Waals surface area contributed by atoms with Crippen molar-refractivity contribution >= 4 is 23.4 Å². The Kier molecular flexibility index (Phi) is 9.17. The number of nitrogens with one attached hydrogen (secondary N) is 1. The van der Waals surface area contributed by atoms with Crippen LogP contribution >= 0.6 is 0 Å². The largest absolute Gasteiger partial charge is 0.494 e. The van der Waals surface area contributed by atoms with Gasteiger partial charge in [0.15, 0.2) is 0 Å². The fourth-order valence-electron chi connectivity index (χ4n) is 4.12. The standard InChI is InChI=1S/C28H36F3N3O4/c1-6-7-16-37-22-11-8-19(9-12-22)25(35)32-20-10-13-24(23(17-20)28(29,30)31)34-15-14-21(18-34)33(5)26(36)38-27(2,3)4/h8-13,17,21H,6-7,14-16,18H2,1-5H3,(H,32,35). The fourth-order valence-corrected chi connectivity index (χ4v) is 4.12. The van der Waals surface area contributed by atoms with Crippen molar-refractivity contribution in [3.05, 3.63) is 53.6 Å². The van der Waals surface area contributed by atoms with E-state index in [2.05, 4.69) is 12.2 Å². The molecule has 10 heteroatoms. The third kappa shape index (κ3) is 7.79. The summed E-state index contributed by atoms with van der Waals surface area (Å²) in [4.78, 5) is 28.1. The van der Waals surface area contributed by atoms with Gasteiger partial charge in [0.2, 0.25) is 0 Å². The lowest BCUT2D eigenvalue weighted by Gasteiger charge is -2.29. The van der Waals surface area contributed by atoms with Gasteiger partial charge >= 0.3 is 12.3 Å². The molecule has 1 atom stereocenters. The van der Waals surface area contributed by atoms with Gasteiger partial charge in [-0.1, -0.05) is 13.3 Å². The van der Waals surface area contributed by atoms with E-state index in [4.69, 9.17) is 9.47 Å². The minimum Gasteiger partial charge on any atom is -0.494 e. The molecule has 0 aliphatic carbocycles. The number of likely N-dealkylation sites (N-methyl/N-ethyl adjacent to an activating group) is 1. The summed E-state index contributed by atoms with van der Waals surface area (Å²) >= 11 is 0. The zero-order valence-corrected chi connectivity index (χ0v) is 22.5. The summed E-state index contributed by atoms with van der Waals surface area (Å²) < 4.78 is 53.1. The normalized spacial score (nSPS) is 15.8. The van der Waals surface area contributed by atoms with Crippen molar-refractivity contribution in [1.29, 1.82) is 0 Å². The molecule has 0 spiro atoms. The molecule has 0 radical (unpaired) electrons. The van der Waals surface area contributed by atoms with Gasteiger partial charge in [-0.2, -0.15) is 13.2 Å². The van der Waals surface area contributed by atoms with Crippen LogP contribution in [0.25, 0.3) is 0 Å². The highest BCUT2D eigenvalue weighted by molar-refractivity contribution is 6.04. The lowest BCUT2D eigenvalue weighted by atomic mass is 10.1. The number of benzene rings is 2. The van der Waals surface area contributed by atoms with E-state index in [0.29, 0.717) is 30.9 Å². The zero-order chi connectivity index (χ0) is 28.1. The fraction of sp³-hybridized carbons (Fsp3) is 0.500. The lowest BCUT2D eigenvalue weighted by Crippen LogP contribution is -2.42. The molecule has 1 fully saturated rings. The smallest absolute Gasteiger partial charge is 0.418 e. The average Bonchev–Trinajstić information content (AvgIpc) is 3.32. The molecule has 208 valence electrons. The van der Waals surface area contributed by atoms with Crippen LogP contribution < -0.4 is 15.0 Å².